The molecule has 2 aliphatic rings. The molecule has 158 valence electrons. The number of carbonyl (C=O) groups excluding carboxylic acids is 2. The molecular formula is C23H24ClFN2O3. The van der Waals surface area contributed by atoms with Crippen molar-refractivity contribution in [3.63, 3.8) is 0 Å². The molecule has 1 atom stereocenters. The maximum absolute atomic E-state index is 13.2. The van der Waals surface area contributed by atoms with Crippen molar-refractivity contribution in [2.75, 3.05) is 32.8 Å². The van der Waals surface area contributed by atoms with Gasteiger partial charge in [0.25, 0.3) is 11.8 Å². The lowest BCUT2D eigenvalue weighted by atomic mass is 10.1. The summed E-state index contributed by atoms with van der Waals surface area (Å²) in [5.41, 5.74) is 0.925. The minimum absolute atomic E-state index is 0.132. The van der Waals surface area contributed by atoms with Gasteiger partial charge < -0.3 is 14.5 Å². The van der Waals surface area contributed by atoms with Crippen molar-refractivity contribution in [1.29, 1.82) is 0 Å². The number of ether oxygens (including phenoxy) is 1. The van der Waals surface area contributed by atoms with Crippen LogP contribution in [0.1, 0.15) is 33.6 Å². The Hall–Kier alpha value is -2.44. The molecule has 1 aliphatic heterocycles. The zero-order valence-corrected chi connectivity index (χ0v) is 17.4. The molecule has 0 spiro atoms. The van der Waals surface area contributed by atoms with Crippen LogP contribution in [0.25, 0.3) is 0 Å². The summed E-state index contributed by atoms with van der Waals surface area (Å²) in [6.45, 7) is 2.31. The van der Waals surface area contributed by atoms with Gasteiger partial charge in [0.05, 0.1) is 23.3 Å². The van der Waals surface area contributed by atoms with Crippen molar-refractivity contribution in [2.45, 2.75) is 18.9 Å². The fourth-order valence-electron chi connectivity index (χ4n) is 3.69. The summed E-state index contributed by atoms with van der Waals surface area (Å²) in [5.74, 6) is -0.143. The van der Waals surface area contributed by atoms with Gasteiger partial charge in [0.15, 0.2) is 0 Å². The van der Waals surface area contributed by atoms with Crippen molar-refractivity contribution in [3.05, 3.63) is 70.5 Å². The van der Waals surface area contributed by atoms with Crippen molar-refractivity contribution in [1.82, 2.24) is 9.80 Å². The average molecular weight is 431 g/mol. The van der Waals surface area contributed by atoms with E-state index in [0.29, 0.717) is 54.9 Å². The maximum atomic E-state index is 13.2. The van der Waals surface area contributed by atoms with E-state index in [1.54, 1.807) is 34.1 Å². The number of hydrogen-bond acceptors (Lipinski definition) is 3. The minimum atomic E-state index is -0.371. The van der Waals surface area contributed by atoms with Crippen LogP contribution in [0.5, 0.6) is 0 Å². The number of rotatable bonds is 6. The fraction of sp³-hybridized carbons (Fsp3) is 0.391. The molecule has 2 fully saturated rings. The van der Waals surface area contributed by atoms with E-state index in [4.69, 9.17) is 16.3 Å². The van der Waals surface area contributed by atoms with E-state index >= 15 is 0 Å². The van der Waals surface area contributed by atoms with Crippen LogP contribution in [-0.4, -0.2) is 60.5 Å². The molecule has 5 nitrogen and oxygen atoms in total. The van der Waals surface area contributed by atoms with E-state index < -0.39 is 0 Å². The molecular weight excluding hydrogens is 407 g/mol. The van der Waals surface area contributed by atoms with Gasteiger partial charge in [-0.25, -0.2) is 4.39 Å². The van der Waals surface area contributed by atoms with E-state index in [2.05, 4.69) is 0 Å². The number of hydrogen-bond donors (Lipinski definition) is 0. The lowest BCUT2D eigenvalue weighted by Crippen LogP contribution is -2.51. The van der Waals surface area contributed by atoms with Crippen molar-refractivity contribution >= 4 is 23.4 Å². The van der Waals surface area contributed by atoms with Gasteiger partial charge in [0.1, 0.15) is 5.82 Å². The number of amides is 2. The smallest absolute Gasteiger partial charge is 0.255 e. The molecule has 1 saturated heterocycles. The van der Waals surface area contributed by atoms with Crippen LogP contribution >= 0.6 is 11.6 Å². The fourth-order valence-corrected chi connectivity index (χ4v) is 3.91. The molecule has 0 bridgehead atoms. The van der Waals surface area contributed by atoms with Crippen molar-refractivity contribution < 1.29 is 18.7 Å². The summed E-state index contributed by atoms with van der Waals surface area (Å²) in [6.07, 6.45) is 1.93. The van der Waals surface area contributed by atoms with Gasteiger partial charge in [-0.2, -0.15) is 0 Å². The summed E-state index contributed by atoms with van der Waals surface area (Å²) in [6, 6.07) is 12.6. The highest BCUT2D eigenvalue weighted by Gasteiger charge is 2.32. The Morgan fingerprint density at radius 2 is 1.83 bits per heavy atom. The zero-order valence-electron chi connectivity index (χ0n) is 16.6. The molecule has 1 saturated carbocycles. The van der Waals surface area contributed by atoms with Gasteiger partial charge in [0.2, 0.25) is 0 Å². The summed E-state index contributed by atoms with van der Waals surface area (Å²) in [5, 5.41) is 0.424. The highest BCUT2D eigenvalue weighted by molar-refractivity contribution is 6.33. The second kappa shape index (κ2) is 9.14. The second-order valence-electron chi connectivity index (χ2n) is 7.88. The number of nitrogens with zero attached hydrogens (tertiary/aromatic N) is 2. The van der Waals surface area contributed by atoms with Crippen molar-refractivity contribution in [2.24, 2.45) is 5.92 Å². The highest BCUT2D eigenvalue weighted by atomic mass is 35.5. The largest absolute Gasteiger partial charge is 0.373 e. The molecule has 7 heteroatoms. The first-order valence-corrected chi connectivity index (χ1v) is 10.6. The van der Waals surface area contributed by atoms with Gasteiger partial charge in [0, 0.05) is 31.7 Å². The molecule has 2 amide bonds. The molecule has 2 aromatic carbocycles. The molecule has 1 aliphatic carbocycles. The third kappa shape index (κ3) is 4.99. The summed E-state index contributed by atoms with van der Waals surface area (Å²) in [7, 11) is 0. The molecule has 30 heavy (non-hydrogen) atoms. The van der Waals surface area contributed by atoms with Crippen LogP contribution in [0.2, 0.25) is 5.02 Å². The van der Waals surface area contributed by atoms with Gasteiger partial charge >= 0.3 is 0 Å². The Kier molecular flexibility index (Phi) is 6.35. The number of morpholine rings is 1. The van der Waals surface area contributed by atoms with Crippen molar-refractivity contribution in [3.8, 4) is 0 Å². The molecule has 0 N–H and O–H groups in total. The second-order valence-corrected chi connectivity index (χ2v) is 8.29. The Balaban J connectivity index is 1.44. The third-order valence-electron chi connectivity index (χ3n) is 5.51. The monoisotopic (exact) mass is 430 g/mol. The molecule has 1 heterocycles. The number of carbonyl (C=O) groups is 2. The first-order valence-electron chi connectivity index (χ1n) is 10.2. The zero-order chi connectivity index (χ0) is 21.1. The summed E-state index contributed by atoms with van der Waals surface area (Å²) < 4.78 is 19.1. The standard InChI is InChI=1S/C23H24ClFN2O3/c24-21-4-2-1-3-20(21)23(29)26-11-12-30-19(14-26)15-27(13-16-5-6-16)22(28)17-7-9-18(25)10-8-17/h1-4,7-10,16,19H,5-6,11-15H2. The molecule has 0 aromatic heterocycles. The van der Waals surface area contributed by atoms with E-state index in [1.165, 1.54) is 24.3 Å². The first kappa shape index (κ1) is 20.8. The first-order chi connectivity index (χ1) is 14.5. The SMILES string of the molecule is O=C(c1ccc(F)cc1)N(CC1CC1)CC1CN(C(=O)c2ccccc2Cl)CCO1. The van der Waals surface area contributed by atoms with Crippen LogP contribution in [0, 0.1) is 11.7 Å². The maximum Gasteiger partial charge on any atom is 0.255 e. The number of benzene rings is 2. The molecule has 1 unspecified atom stereocenters. The lowest BCUT2D eigenvalue weighted by Gasteiger charge is -2.36. The number of halogens is 2. The van der Waals surface area contributed by atoms with Crippen LogP contribution in [0.15, 0.2) is 48.5 Å². The van der Waals surface area contributed by atoms with Crippen LogP contribution in [0.3, 0.4) is 0 Å². The average Bonchev–Trinajstić information content (AvgIpc) is 3.57. The van der Waals surface area contributed by atoms with E-state index in [0.717, 1.165) is 12.8 Å². The Morgan fingerprint density at radius 3 is 2.53 bits per heavy atom. The molecule has 2 aromatic rings. The van der Waals surface area contributed by atoms with E-state index in [9.17, 15) is 14.0 Å². The Labute approximate surface area is 180 Å². The summed E-state index contributed by atoms with van der Waals surface area (Å²) >= 11 is 6.19. The normalized spacial score (nSPS) is 18.9. The van der Waals surface area contributed by atoms with Crippen LogP contribution in [0.4, 0.5) is 4.39 Å². The quantitative estimate of drug-likeness (QED) is 0.699. The highest BCUT2D eigenvalue weighted by Crippen LogP contribution is 2.30. The minimum Gasteiger partial charge on any atom is -0.373 e. The van der Waals surface area contributed by atoms with Gasteiger partial charge in [-0.3, -0.25) is 9.59 Å². The van der Waals surface area contributed by atoms with Gasteiger partial charge in [-0.05, 0) is 55.2 Å². The Morgan fingerprint density at radius 1 is 1.10 bits per heavy atom. The van der Waals surface area contributed by atoms with Crippen LogP contribution in [-0.2, 0) is 4.74 Å². The molecule has 4 rings (SSSR count). The third-order valence-corrected chi connectivity index (χ3v) is 5.84. The van der Waals surface area contributed by atoms with Gasteiger partial charge in [-0.1, -0.05) is 23.7 Å². The van der Waals surface area contributed by atoms with Gasteiger partial charge in [-0.15, -0.1) is 0 Å². The molecule has 0 radical (unpaired) electrons. The summed E-state index contributed by atoms with van der Waals surface area (Å²) in [4.78, 5) is 29.4. The topological polar surface area (TPSA) is 49.9 Å². The predicted octanol–water partition coefficient (Wildman–Crippen LogP) is 3.87. The lowest BCUT2D eigenvalue weighted by molar-refractivity contribution is -0.0335. The van der Waals surface area contributed by atoms with E-state index in [1.807, 2.05) is 0 Å². The Bertz CT molecular complexity index is 917. The van der Waals surface area contributed by atoms with E-state index in [-0.39, 0.29) is 23.7 Å². The van der Waals surface area contributed by atoms with Crippen LogP contribution < -0.4 is 0 Å². The predicted molar refractivity (Wildman–Crippen MR) is 112 cm³/mol.